The third-order valence-corrected chi connectivity index (χ3v) is 3.83. The van der Waals surface area contributed by atoms with E-state index in [4.69, 9.17) is 10.6 Å². The van der Waals surface area contributed by atoms with Crippen LogP contribution in [-0.4, -0.2) is 16.1 Å². The summed E-state index contributed by atoms with van der Waals surface area (Å²) in [7, 11) is 0. The lowest BCUT2D eigenvalue weighted by Crippen LogP contribution is -2.29. The second-order valence-electron chi connectivity index (χ2n) is 6.73. The number of nitrogens with two attached hydrogens (primary N) is 1. The van der Waals surface area contributed by atoms with Gasteiger partial charge in [-0.3, -0.25) is 0 Å². The van der Waals surface area contributed by atoms with Crippen LogP contribution in [0.5, 0.6) is 5.88 Å². The van der Waals surface area contributed by atoms with Crippen molar-refractivity contribution in [2.24, 2.45) is 11.8 Å². The Hall–Kier alpha value is -1.36. The Morgan fingerprint density at radius 1 is 1.25 bits per heavy atom. The van der Waals surface area contributed by atoms with Crippen molar-refractivity contribution in [2.45, 2.75) is 64.9 Å². The van der Waals surface area contributed by atoms with Crippen molar-refractivity contribution < 1.29 is 4.74 Å². The van der Waals surface area contributed by atoms with Crippen LogP contribution in [0.25, 0.3) is 0 Å². The number of nitrogen functional groups attached to an aromatic ring is 1. The van der Waals surface area contributed by atoms with Crippen molar-refractivity contribution in [1.82, 2.24) is 9.97 Å². The molecule has 0 radical (unpaired) electrons. The highest BCUT2D eigenvalue weighted by Crippen LogP contribution is 2.29. The van der Waals surface area contributed by atoms with E-state index in [9.17, 15) is 0 Å². The third kappa shape index (κ3) is 3.60. The number of rotatable bonds is 3. The average Bonchev–Trinajstić information content (AvgIpc) is 2.40. The molecule has 3 N–H and O–H groups in total. The topological polar surface area (TPSA) is 73.1 Å². The first kappa shape index (κ1) is 15.0. The fourth-order valence-electron chi connectivity index (χ4n) is 2.51. The van der Waals surface area contributed by atoms with Gasteiger partial charge < -0.3 is 10.2 Å². The van der Waals surface area contributed by atoms with Crippen molar-refractivity contribution in [1.29, 1.82) is 0 Å². The second kappa shape index (κ2) is 5.95. The smallest absolute Gasteiger partial charge is 0.219 e. The van der Waals surface area contributed by atoms with E-state index in [2.05, 4.69) is 43.1 Å². The molecule has 1 aliphatic rings. The largest absolute Gasteiger partial charge is 0.474 e. The molecule has 1 aromatic rings. The number of nitrogens with zero attached hydrogens (tertiary/aromatic N) is 2. The minimum atomic E-state index is -0.136. The summed E-state index contributed by atoms with van der Waals surface area (Å²) in [5.74, 6) is 8.03. The first-order valence-corrected chi connectivity index (χ1v) is 7.43. The van der Waals surface area contributed by atoms with Gasteiger partial charge in [0.2, 0.25) is 5.88 Å². The predicted octanol–water partition coefficient (Wildman–Crippen LogP) is 3.02. The summed E-state index contributed by atoms with van der Waals surface area (Å²) >= 11 is 0. The number of aromatic nitrogens is 2. The zero-order valence-electron chi connectivity index (χ0n) is 12.9. The van der Waals surface area contributed by atoms with E-state index < -0.39 is 0 Å². The summed E-state index contributed by atoms with van der Waals surface area (Å²) in [4.78, 5) is 8.96. The molecule has 5 nitrogen and oxygen atoms in total. The summed E-state index contributed by atoms with van der Waals surface area (Å²) in [5, 5.41) is 0. The van der Waals surface area contributed by atoms with E-state index in [0.717, 1.165) is 12.2 Å². The monoisotopic (exact) mass is 278 g/mol. The van der Waals surface area contributed by atoms with Crippen LogP contribution in [-0.2, 0) is 5.41 Å². The maximum atomic E-state index is 6.10. The lowest BCUT2D eigenvalue weighted by Gasteiger charge is -2.29. The van der Waals surface area contributed by atoms with E-state index in [1.165, 1.54) is 19.3 Å². The average molecular weight is 278 g/mol. The van der Waals surface area contributed by atoms with Crippen molar-refractivity contribution in [3.63, 3.8) is 0 Å². The second-order valence-corrected chi connectivity index (χ2v) is 6.73. The molecule has 2 rings (SSSR count). The van der Waals surface area contributed by atoms with Crippen LogP contribution in [0.3, 0.4) is 0 Å². The Balaban J connectivity index is 2.22. The quantitative estimate of drug-likeness (QED) is 0.657. The number of anilines is 1. The molecule has 0 saturated heterocycles. The van der Waals surface area contributed by atoms with E-state index >= 15 is 0 Å². The molecular formula is C15H26N4O. The lowest BCUT2D eigenvalue weighted by atomic mass is 9.88. The summed E-state index contributed by atoms with van der Waals surface area (Å²) in [6, 6.07) is 1.77. The number of ether oxygens (including phenoxy) is 1. The molecule has 112 valence electrons. The Morgan fingerprint density at radius 2 is 1.95 bits per heavy atom. The van der Waals surface area contributed by atoms with Gasteiger partial charge in [-0.05, 0) is 25.2 Å². The zero-order valence-corrected chi connectivity index (χ0v) is 12.9. The molecule has 1 saturated carbocycles. The fourth-order valence-corrected chi connectivity index (χ4v) is 2.51. The summed E-state index contributed by atoms with van der Waals surface area (Å²) in [5.41, 5.74) is 2.46. The van der Waals surface area contributed by atoms with Crippen molar-refractivity contribution in [3.05, 3.63) is 11.9 Å². The Morgan fingerprint density at radius 3 is 2.55 bits per heavy atom. The molecule has 0 spiro atoms. The van der Waals surface area contributed by atoms with Crippen LogP contribution in [0, 0.1) is 5.92 Å². The highest BCUT2D eigenvalue weighted by molar-refractivity contribution is 5.38. The van der Waals surface area contributed by atoms with Crippen LogP contribution in [0.4, 0.5) is 5.82 Å². The SMILES string of the molecule is CC1CCCCC1Oc1cc(NN)nc(C(C)(C)C)n1. The molecule has 0 bridgehead atoms. The first-order valence-electron chi connectivity index (χ1n) is 7.43. The van der Waals surface area contributed by atoms with E-state index in [-0.39, 0.29) is 11.5 Å². The Bertz CT molecular complexity index is 456. The van der Waals surface area contributed by atoms with Crippen molar-refractivity contribution >= 4 is 5.82 Å². The van der Waals surface area contributed by atoms with Gasteiger partial charge in [0.25, 0.3) is 0 Å². The molecule has 1 fully saturated rings. The summed E-state index contributed by atoms with van der Waals surface area (Å²) in [6.45, 7) is 8.48. The number of hydrazine groups is 1. The molecule has 1 heterocycles. The summed E-state index contributed by atoms with van der Waals surface area (Å²) < 4.78 is 6.10. The predicted molar refractivity (Wildman–Crippen MR) is 80.6 cm³/mol. The molecule has 20 heavy (non-hydrogen) atoms. The molecule has 2 atom stereocenters. The van der Waals surface area contributed by atoms with Crippen molar-refractivity contribution in [3.8, 4) is 5.88 Å². The Labute approximate surface area is 121 Å². The van der Waals surface area contributed by atoms with E-state index in [1.807, 2.05) is 0 Å². The molecule has 1 aliphatic carbocycles. The Kier molecular flexibility index (Phi) is 4.48. The van der Waals surface area contributed by atoms with Crippen LogP contribution in [0.15, 0.2) is 6.07 Å². The molecule has 1 aromatic heterocycles. The molecular weight excluding hydrogens is 252 g/mol. The molecule has 0 aromatic carbocycles. The minimum Gasteiger partial charge on any atom is -0.474 e. The van der Waals surface area contributed by atoms with Gasteiger partial charge in [0.1, 0.15) is 17.7 Å². The van der Waals surface area contributed by atoms with Crippen molar-refractivity contribution in [2.75, 3.05) is 5.43 Å². The summed E-state index contributed by atoms with van der Waals surface area (Å²) in [6.07, 6.45) is 5.10. The van der Waals surface area contributed by atoms with Gasteiger partial charge in [-0.1, -0.05) is 34.1 Å². The van der Waals surface area contributed by atoms with Crippen LogP contribution in [0.2, 0.25) is 0 Å². The van der Waals surface area contributed by atoms with E-state index in [1.54, 1.807) is 6.07 Å². The van der Waals surface area contributed by atoms with Gasteiger partial charge in [-0.25, -0.2) is 10.8 Å². The standard InChI is InChI=1S/C15H26N4O/c1-10-7-5-6-8-11(10)20-13-9-12(19-16)17-14(18-13)15(2,3)4/h9-11H,5-8,16H2,1-4H3,(H,17,18,19). The highest BCUT2D eigenvalue weighted by Gasteiger charge is 2.25. The molecule has 0 aliphatic heterocycles. The van der Waals surface area contributed by atoms with Gasteiger partial charge in [0, 0.05) is 11.5 Å². The maximum absolute atomic E-state index is 6.10. The van der Waals surface area contributed by atoms with Crippen LogP contribution < -0.4 is 16.0 Å². The lowest BCUT2D eigenvalue weighted by molar-refractivity contribution is 0.0969. The number of hydrogen-bond donors (Lipinski definition) is 2. The highest BCUT2D eigenvalue weighted by atomic mass is 16.5. The normalized spacial score (nSPS) is 23.4. The van der Waals surface area contributed by atoms with Gasteiger partial charge in [-0.2, -0.15) is 4.98 Å². The van der Waals surface area contributed by atoms with Gasteiger partial charge >= 0.3 is 0 Å². The van der Waals surface area contributed by atoms with Gasteiger partial charge in [-0.15, -0.1) is 0 Å². The first-order chi connectivity index (χ1) is 9.40. The number of nitrogens with one attached hydrogen (secondary N) is 1. The third-order valence-electron chi connectivity index (χ3n) is 3.83. The minimum absolute atomic E-state index is 0.136. The van der Waals surface area contributed by atoms with E-state index in [0.29, 0.717) is 17.6 Å². The molecule has 5 heteroatoms. The van der Waals surface area contributed by atoms with Crippen LogP contribution in [0.1, 0.15) is 59.2 Å². The number of hydrogen-bond acceptors (Lipinski definition) is 5. The van der Waals surface area contributed by atoms with Gasteiger partial charge in [0.05, 0.1) is 0 Å². The maximum Gasteiger partial charge on any atom is 0.219 e. The molecule has 2 unspecified atom stereocenters. The zero-order chi connectivity index (χ0) is 14.8. The fraction of sp³-hybridized carbons (Fsp3) is 0.733. The van der Waals surface area contributed by atoms with Gasteiger partial charge in [0.15, 0.2) is 0 Å². The van der Waals surface area contributed by atoms with Crippen LogP contribution >= 0.6 is 0 Å². The molecule has 0 amide bonds.